The van der Waals surface area contributed by atoms with Gasteiger partial charge in [-0.1, -0.05) is 6.92 Å². The molecule has 5 heteroatoms. The van der Waals surface area contributed by atoms with Crippen LogP contribution in [-0.2, 0) is 11.3 Å². The standard InChI is InChI=1S/C13H24N4O/c1-4-7-17(5-2)13-15-10-12(11-16-13)9-14-6-8-18-3/h10-11,14H,4-9H2,1-3H3. The van der Waals surface area contributed by atoms with Crippen LogP contribution in [0, 0.1) is 0 Å². The Bertz CT molecular complexity index is 315. The fourth-order valence-electron chi connectivity index (χ4n) is 1.68. The lowest BCUT2D eigenvalue weighted by Crippen LogP contribution is -2.25. The molecule has 1 heterocycles. The van der Waals surface area contributed by atoms with Gasteiger partial charge in [0.05, 0.1) is 6.61 Å². The summed E-state index contributed by atoms with van der Waals surface area (Å²) in [5.41, 5.74) is 1.10. The Balaban J connectivity index is 2.45. The zero-order chi connectivity index (χ0) is 13.2. The third-order valence-corrected chi connectivity index (χ3v) is 2.66. The molecule has 0 atom stereocenters. The molecule has 0 fully saturated rings. The molecule has 5 nitrogen and oxygen atoms in total. The van der Waals surface area contributed by atoms with Gasteiger partial charge in [0.25, 0.3) is 0 Å². The minimum absolute atomic E-state index is 0.721. The summed E-state index contributed by atoms with van der Waals surface area (Å²) in [6, 6.07) is 0. The Morgan fingerprint density at radius 2 is 2.00 bits per heavy atom. The normalized spacial score (nSPS) is 10.6. The zero-order valence-electron chi connectivity index (χ0n) is 11.6. The molecule has 0 saturated heterocycles. The minimum atomic E-state index is 0.721. The summed E-state index contributed by atoms with van der Waals surface area (Å²) in [6.07, 6.45) is 4.89. The average Bonchev–Trinajstić information content (AvgIpc) is 2.42. The number of rotatable bonds is 9. The van der Waals surface area contributed by atoms with E-state index in [-0.39, 0.29) is 0 Å². The third kappa shape index (κ3) is 4.98. The fraction of sp³-hybridized carbons (Fsp3) is 0.692. The predicted octanol–water partition coefficient (Wildman–Crippen LogP) is 1.45. The predicted molar refractivity (Wildman–Crippen MR) is 73.8 cm³/mol. The molecule has 18 heavy (non-hydrogen) atoms. The molecule has 0 amide bonds. The van der Waals surface area contributed by atoms with Crippen LogP contribution in [0.5, 0.6) is 0 Å². The van der Waals surface area contributed by atoms with Gasteiger partial charge in [0.15, 0.2) is 0 Å². The molecule has 0 aromatic carbocycles. The van der Waals surface area contributed by atoms with Crippen molar-refractivity contribution >= 4 is 5.95 Å². The molecule has 102 valence electrons. The van der Waals surface area contributed by atoms with Crippen LogP contribution in [-0.4, -0.2) is 43.3 Å². The second-order valence-corrected chi connectivity index (χ2v) is 4.14. The van der Waals surface area contributed by atoms with E-state index in [1.165, 1.54) is 0 Å². The van der Waals surface area contributed by atoms with Crippen LogP contribution in [0.1, 0.15) is 25.8 Å². The first-order valence-electron chi connectivity index (χ1n) is 6.57. The molecule has 0 unspecified atom stereocenters. The number of nitrogens with zero attached hydrogens (tertiary/aromatic N) is 3. The van der Waals surface area contributed by atoms with Crippen molar-refractivity contribution in [3.05, 3.63) is 18.0 Å². The maximum atomic E-state index is 4.97. The summed E-state index contributed by atoms with van der Waals surface area (Å²) in [4.78, 5) is 11.0. The number of hydrogen-bond acceptors (Lipinski definition) is 5. The van der Waals surface area contributed by atoms with Gasteiger partial charge in [-0.25, -0.2) is 9.97 Å². The number of anilines is 1. The smallest absolute Gasteiger partial charge is 0.225 e. The lowest BCUT2D eigenvalue weighted by atomic mass is 10.3. The molecular weight excluding hydrogens is 228 g/mol. The molecule has 0 aliphatic carbocycles. The van der Waals surface area contributed by atoms with E-state index >= 15 is 0 Å². The minimum Gasteiger partial charge on any atom is -0.383 e. The Kier molecular flexibility index (Phi) is 7.29. The quantitative estimate of drug-likeness (QED) is 0.674. The molecule has 0 saturated carbocycles. The van der Waals surface area contributed by atoms with E-state index in [4.69, 9.17) is 4.74 Å². The van der Waals surface area contributed by atoms with E-state index in [0.29, 0.717) is 0 Å². The molecule has 1 rings (SSSR count). The van der Waals surface area contributed by atoms with Crippen LogP contribution in [0.2, 0.25) is 0 Å². The van der Waals surface area contributed by atoms with Gasteiger partial charge >= 0.3 is 0 Å². The Morgan fingerprint density at radius 3 is 2.56 bits per heavy atom. The maximum Gasteiger partial charge on any atom is 0.225 e. The number of ether oxygens (including phenoxy) is 1. The highest BCUT2D eigenvalue weighted by Crippen LogP contribution is 2.07. The van der Waals surface area contributed by atoms with E-state index in [2.05, 4.69) is 34.0 Å². The molecule has 0 aliphatic rings. The van der Waals surface area contributed by atoms with Crippen LogP contribution in [0.3, 0.4) is 0 Å². The highest BCUT2D eigenvalue weighted by molar-refractivity contribution is 5.29. The largest absolute Gasteiger partial charge is 0.383 e. The Hall–Kier alpha value is -1.20. The molecule has 1 aromatic heterocycles. The Labute approximate surface area is 110 Å². The third-order valence-electron chi connectivity index (χ3n) is 2.66. The Morgan fingerprint density at radius 1 is 1.28 bits per heavy atom. The van der Waals surface area contributed by atoms with Gasteiger partial charge in [0, 0.05) is 51.2 Å². The molecule has 0 bridgehead atoms. The molecule has 1 N–H and O–H groups in total. The van der Waals surface area contributed by atoms with Gasteiger partial charge in [0.2, 0.25) is 5.95 Å². The van der Waals surface area contributed by atoms with E-state index in [9.17, 15) is 0 Å². The van der Waals surface area contributed by atoms with E-state index < -0.39 is 0 Å². The van der Waals surface area contributed by atoms with Crippen LogP contribution in [0.25, 0.3) is 0 Å². The van der Waals surface area contributed by atoms with Crippen molar-refractivity contribution < 1.29 is 4.74 Å². The zero-order valence-corrected chi connectivity index (χ0v) is 11.6. The first kappa shape index (κ1) is 14.9. The van der Waals surface area contributed by atoms with Crippen LogP contribution in [0.15, 0.2) is 12.4 Å². The average molecular weight is 252 g/mol. The van der Waals surface area contributed by atoms with Gasteiger partial charge in [-0.15, -0.1) is 0 Å². The lowest BCUT2D eigenvalue weighted by Gasteiger charge is -2.19. The van der Waals surface area contributed by atoms with Crippen molar-refractivity contribution in [3.8, 4) is 0 Å². The number of aromatic nitrogens is 2. The van der Waals surface area contributed by atoms with Gasteiger partial charge in [-0.2, -0.15) is 0 Å². The van der Waals surface area contributed by atoms with Crippen molar-refractivity contribution in [2.75, 3.05) is 38.3 Å². The summed E-state index contributed by atoms with van der Waals surface area (Å²) in [7, 11) is 1.70. The second kappa shape index (κ2) is 8.83. The first-order chi connectivity index (χ1) is 8.81. The van der Waals surface area contributed by atoms with Crippen molar-refractivity contribution in [3.63, 3.8) is 0 Å². The maximum absolute atomic E-state index is 4.97. The topological polar surface area (TPSA) is 50.3 Å². The summed E-state index contributed by atoms with van der Waals surface area (Å²) in [6.45, 7) is 8.58. The van der Waals surface area contributed by atoms with Crippen molar-refractivity contribution in [2.45, 2.75) is 26.8 Å². The fourth-order valence-corrected chi connectivity index (χ4v) is 1.68. The van der Waals surface area contributed by atoms with Crippen molar-refractivity contribution in [1.29, 1.82) is 0 Å². The van der Waals surface area contributed by atoms with Crippen LogP contribution >= 0.6 is 0 Å². The molecular formula is C13H24N4O. The molecule has 1 aromatic rings. The monoisotopic (exact) mass is 252 g/mol. The highest BCUT2D eigenvalue weighted by atomic mass is 16.5. The number of methoxy groups -OCH3 is 1. The summed E-state index contributed by atoms with van der Waals surface area (Å²) in [5.74, 6) is 0.819. The molecule has 0 radical (unpaired) electrons. The molecule has 0 spiro atoms. The first-order valence-corrected chi connectivity index (χ1v) is 6.57. The van der Waals surface area contributed by atoms with Gasteiger partial charge < -0.3 is 15.0 Å². The van der Waals surface area contributed by atoms with Gasteiger partial charge in [-0.05, 0) is 13.3 Å². The lowest BCUT2D eigenvalue weighted by molar-refractivity contribution is 0.199. The van der Waals surface area contributed by atoms with Crippen molar-refractivity contribution in [2.24, 2.45) is 0 Å². The highest BCUT2D eigenvalue weighted by Gasteiger charge is 2.05. The van der Waals surface area contributed by atoms with Crippen LogP contribution < -0.4 is 10.2 Å². The molecule has 0 aliphatic heterocycles. The number of nitrogens with one attached hydrogen (secondary N) is 1. The summed E-state index contributed by atoms with van der Waals surface area (Å²) in [5, 5.41) is 3.27. The number of hydrogen-bond donors (Lipinski definition) is 1. The van der Waals surface area contributed by atoms with E-state index in [0.717, 1.165) is 50.7 Å². The van der Waals surface area contributed by atoms with Crippen molar-refractivity contribution in [1.82, 2.24) is 15.3 Å². The summed E-state index contributed by atoms with van der Waals surface area (Å²) < 4.78 is 4.97. The second-order valence-electron chi connectivity index (χ2n) is 4.14. The van der Waals surface area contributed by atoms with E-state index in [1.807, 2.05) is 12.4 Å². The van der Waals surface area contributed by atoms with Gasteiger partial charge in [-0.3, -0.25) is 0 Å². The van der Waals surface area contributed by atoms with Gasteiger partial charge in [0.1, 0.15) is 0 Å². The summed E-state index contributed by atoms with van der Waals surface area (Å²) >= 11 is 0. The SMILES string of the molecule is CCCN(CC)c1ncc(CNCCOC)cn1. The van der Waals surface area contributed by atoms with Crippen LogP contribution in [0.4, 0.5) is 5.95 Å². The van der Waals surface area contributed by atoms with E-state index in [1.54, 1.807) is 7.11 Å².